The second-order valence-corrected chi connectivity index (χ2v) is 8.28. The summed E-state index contributed by atoms with van der Waals surface area (Å²) >= 11 is 1.60. The van der Waals surface area contributed by atoms with Crippen molar-refractivity contribution in [2.75, 3.05) is 25.0 Å². The van der Waals surface area contributed by atoms with Gasteiger partial charge >= 0.3 is 0 Å². The number of aromatic nitrogens is 2. The first-order valence-corrected chi connectivity index (χ1v) is 10.4. The number of benzene rings is 1. The van der Waals surface area contributed by atoms with Crippen LogP contribution in [0.1, 0.15) is 34.9 Å². The van der Waals surface area contributed by atoms with Gasteiger partial charge in [-0.3, -0.25) is 9.69 Å². The number of aryl methyl sites for hydroxylation is 1. The van der Waals surface area contributed by atoms with E-state index in [0.717, 1.165) is 53.0 Å². The minimum Gasteiger partial charge on any atom is -0.462 e. The Bertz CT molecular complexity index is 943. The van der Waals surface area contributed by atoms with E-state index >= 15 is 0 Å². The number of furan rings is 1. The van der Waals surface area contributed by atoms with Crippen molar-refractivity contribution in [3.8, 4) is 10.8 Å². The van der Waals surface area contributed by atoms with Crippen molar-refractivity contribution in [3.05, 3.63) is 52.7 Å². The third-order valence-corrected chi connectivity index (χ3v) is 6.46. The van der Waals surface area contributed by atoms with Gasteiger partial charge in [-0.1, -0.05) is 23.5 Å². The van der Waals surface area contributed by atoms with Crippen LogP contribution in [0.2, 0.25) is 0 Å². The molecule has 1 amide bonds. The number of rotatable bonds is 5. The molecule has 1 N–H and O–H groups in total. The summed E-state index contributed by atoms with van der Waals surface area (Å²) in [5, 5.41) is 13.6. The molecule has 1 saturated heterocycles. The lowest BCUT2D eigenvalue weighted by molar-refractivity contribution is -0.117. The Morgan fingerprint density at radius 3 is 2.79 bits per heavy atom. The van der Waals surface area contributed by atoms with Crippen molar-refractivity contribution in [3.63, 3.8) is 0 Å². The quantitative estimate of drug-likeness (QED) is 0.699. The third-order valence-electron chi connectivity index (χ3n) is 5.36. The van der Waals surface area contributed by atoms with Crippen molar-refractivity contribution in [1.29, 1.82) is 0 Å². The second kappa shape index (κ2) is 8.24. The van der Waals surface area contributed by atoms with Crippen LogP contribution in [0.25, 0.3) is 10.8 Å². The van der Waals surface area contributed by atoms with E-state index < -0.39 is 0 Å². The lowest BCUT2D eigenvalue weighted by atomic mass is 9.98. The topological polar surface area (TPSA) is 71.3 Å². The standard InChI is InChI=1S/C21H24N4O2S/c1-14-5-3-6-17(15(14)2)22-19(26)13-25-10-8-16(9-11-25)20-23-24-21(28-20)18-7-4-12-27-18/h3-7,12,16H,8-11,13H2,1-2H3,(H,22,26). The molecular formula is C21H24N4O2S. The number of piperidine rings is 1. The van der Waals surface area contributed by atoms with Crippen molar-refractivity contribution in [2.24, 2.45) is 0 Å². The molecule has 146 valence electrons. The molecule has 1 aromatic carbocycles. The van der Waals surface area contributed by atoms with Crippen LogP contribution in [0.4, 0.5) is 5.69 Å². The molecule has 1 aliphatic rings. The van der Waals surface area contributed by atoms with Crippen LogP contribution in [-0.4, -0.2) is 40.6 Å². The largest absolute Gasteiger partial charge is 0.462 e. The zero-order valence-electron chi connectivity index (χ0n) is 16.1. The number of carbonyl (C=O) groups excluding carboxylic acids is 1. The number of hydrogen-bond acceptors (Lipinski definition) is 6. The fourth-order valence-electron chi connectivity index (χ4n) is 3.52. The van der Waals surface area contributed by atoms with Crippen LogP contribution in [0.5, 0.6) is 0 Å². The molecule has 28 heavy (non-hydrogen) atoms. The molecule has 7 heteroatoms. The van der Waals surface area contributed by atoms with Crippen molar-refractivity contribution in [2.45, 2.75) is 32.6 Å². The highest BCUT2D eigenvalue weighted by molar-refractivity contribution is 7.14. The smallest absolute Gasteiger partial charge is 0.238 e. The number of nitrogens with one attached hydrogen (secondary N) is 1. The minimum absolute atomic E-state index is 0.0446. The molecule has 0 saturated carbocycles. The number of carbonyl (C=O) groups is 1. The Labute approximate surface area is 168 Å². The predicted molar refractivity (Wildman–Crippen MR) is 111 cm³/mol. The van der Waals surface area contributed by atoms with Crippen LogP contribution in [0.15, 0.2) is 41.0 Å². The van der Waals surface area contributed by atoms with E-state index in [9.17, 15) is 4.79 Å². The minimum atomic E-state index is 0.0446. The maximum atomic E-state index is 12.4. The fourth-order valence-corrected chi connectivity index (χ4v) is 4.50. The molecule has 0 spiro atoms. The molecule has 0 unspecified atom stereocenters. The van der Waals surface area contributed by atoms with E-state index in [-0.39, 0.29) is 5.91 Å². The van der Waals surface area contributed by atoms with Gasteiger partial charge in [-0.25, -0.2) is 0 Å². The van der Waals surface area contributed by atoms with Crippen LogP contribution in [-0.2, 0) is 4.79 Å². The SMILES string of the molecule is Cc1cccc(NC(=O)CN2CCC(c3nnc(-c4ccco4)s3)CC2)c1C. The first-order valence-electron chi connectivity index (χ1n) is 9.56. The van der Waals surface area contributed by atoms with E-state index in [1.807, 2.05) is 31.2 Å². The predicted octanol–water partition coefficient (Wildman–Crippen LogP) is 4.23. The summed E-state index contributed by atoms with van der Waals surface area (Å²) < 4.78 is 5.40. The summed E-state index contributed by atoms with van der Waals surface area (Å²) in [4.78, 5) is 14.7. The van der Waals surface area contributed by atoms with E-state index in [2.05, 4.69) is 33.4 Å². The highest BCUT2D eigenvalue weighted by Crippen LogP contribution is 2.33. The second-order valence-electron chi connectivity index (χ2n) is 7.27. The molecule has 0 aliphatic carbocycles. The maximum absolute atomic E-state index is 12.4. The van der Waals surface area contributed by atoms with Gasteiger partial charge in [0.1, 0.15) is 5.01 Å². The fraction of sp³-hybridized carbons (Fsp3) is 0.381. The molecule has 0 bridgehead atoms. The Kier molecular flexibility index (Phi) is 5.54. The van der Waals surface area contributed by atoms with Gasteiger partial charge in [-0.15, -0.1) is 10.2 Å². The lowest BCUT2D eigenvalue weighted by Gasteiger charge is -2.30. The Balaban J connectivity index is 1.29. The van der Waals surface area contributed by atoms with Gasteiger partial charge in [0.05, 0.1) is 12.8 Å². The van der Waals surface area contributed by atoms with E-state index in [1.165, 1.54) is 5.56 Å². The summed E-state index contributed by atoms with van der Waals surface area (Å²) in [7, 11) is 0. The van der Waals surface area contributed by atoms with E-state index in [0.29, 0.717) is 12.5 Å². The molecule has 2 aromatic heterocycles. The highest BCUT2D eigenvalue weighted by atomic mass is 32.1. The summed E-state index contributed by atoms with van der Waals surface area (Å²) in [5.41, 5.74) is 3.21. The lowest BCUT2D eigenvalue weighted by Crippen LogP contribution is -2.38. The molecule has 0 atom stereocenters. The summed E-state index contributed by atoms with van der Waals surface area (Å²) in [6.07, 6.45) is 3.63. The first kappa shape index (κ1) is 18.8. The summed E-state index contributed by atoms with van der Waals surface area (Å²) in [6, 6.07) is 9.75. The number of hydrogen-bond donors (Lipinski definition) is 1. The van der Waals surface area contributed by atoms with Gasteiger partial charge in [0, 0.05) is 11.6 Å². The van der Waals surface area contributed by atoms with E-state index in [4.69, 9.17) is 4.42 Å². The average Bonchev–Trinajstić information content (AvgIpc) is 3.37. The van der Waals surface area contributed by atoms with Crippen LogP contribution >= 0.6 is 11.3 Å². The van der Waals surface area contributed by atoms with E-state index in [1.54, 1.807) is 17.6 Å². The van der Waals surface area contributed by atoms with Gasteiger partial charge in [0.25, 0.3) is 0 Å². The van der Waals surface area contributed by atoms with Gasteiger partial charge in [0.15, 0.2) is 10.8 Å². The Morgan fingerprint density at radius 1 is 1.21 bits per heavy atom. The molecule has 0 radical (unpaired) electrons. The van der Waals surface area contributed by atoms with Gasteiger partial charge in [0.2, 0.25) is 5.91 Å². The zero-order valence-corrected chi connectivity index (χ0v) is 17.0. The van der Waals surface area contributed by atoms with Crippen LogP contribution < -0.4 is 5.32 Å². The molecule has 1 fully saturated rings. The van der Waals surface area contributed by atoms with Crippen LogP contribution in [0.3, 0.4) is 0 Å². The highest BCUT2D eigenvalue weighted by Gasteiger charge is 2.25. The number of anilines is 1. The van der Waals surface area contributed by atoms with Gasteiger partial charge in [-0.2, -0.15) is 0 Å². The normalized spacial score (nSPS) is 15.6. The maximum Gasteiger partial charge on any atom is 0.238 e. The third kappa shape index (κ3) is 4.15. The van der Waals surface area contributed by atoms with Gasteiger partial charge in [-0.05, 0) is 69.1 Å². The average molecular weight is 397 g/mol. The van der Waals surface area contributed by atoms with Gasteiger partial charge < -0.3 is 9.73 Å². The van der Waals surface area contributed by atoms with Crippen molar-refractivity contribution in [1.82, 2.24) is 15.1 Å². The first-order chi connectivity index (χ1) is 13.6. The number of amides is 1. The Hall–Kier alpha value is -2.51. The zero-order chi connectivity index (χ0) is 19.5. The molecule has 6 nitrogen and oxygen atoms in total. The number of likely N-dealkylation sites (tertiary alicyclic amines) is 1. The monoisotopic (exact) mass is 396 g/mol. The summed E-state index contributed by atoms with van der Waals surface area (Å²) in [6.45, 7) is 6.30. The Morgan fingerprint density at radius 2 is 2.04 bits per heavy atom. The molecule has 4 rings (SSSR count). The van der Waals surface area contributed by atoms with Crippen LogP contribution in [0, 0.1) is 13.8 Å². The van der Waals surface area contributed by atoms with Crippen molar-refractivity contribution >= 4 is 22.9 Å². The number of nitrogens with zero attached hydrogens (tertiary/aromatic N) is 3. The molecule has 1 aliphatic heterocycles. The molecular weight excluding hydrogens is 372 g/mol. The molecule has 3 aromatic rings. The summed E-state index contributed by atoms with van der Waals surface area (Å²) in [5.74, 6) is 1.21. The molecule has 3 heterocycles. The van der Waals surface area contributed by atoms with Crippen molar-refractivity contribution < 1.29 is 9.21 Å².